The number of benzene rings is 3. The SMILES string of the molecule is O=C([O-])c1ccccc1.O=C([O-])c1ccccc1.O=C([O-])c1ccccc1.[C-]1=CC=CC1.[Ti+4]. The van der Waals surface area contributed by atoms with Crippen molar-refractivity contribution in [3.05, 3.63) is 132 Å². The van der Waals surface area contributed by atoms with Crippen molar-refractivity contribution in [2.75, 3.05) is 0 Å². The summed E-state index contributed by atoms with van der Waals surface area (Å²) in [5, 5.41) is 30.3. The summed E-state index contributed by atoms with van der Waals surface area (Å²) < 4.78 is 0. The Balaban J connectivity index is 0.000000417. The molecular formula is C26H20O6Ti. The van der Waals surface area contributed by atoms with E-state index in [1.165, 1.54) is 36.4 Å². The van der Waals surface area contributed by atoms with Crippen molar-refractivity contribution in [3.8, 4) is 0 Å². The van der Waals surface area contributed by atoms with Gasteiger partial charge in [-0.25, -0.2) is 12.2 Å². The van der Waals surface area contributed by atoms with Crippen molar-refractivity contribution in [2.24, 2.45) is 0 Å². The maximum absolute atomic E-state index is 10.1. The number of carboxylic acids is 3. The number of aromatic carboxylic acids is 3. The normalized spacial score (nSPS) is 9.94. The zero-order valence-electron chi connectivity index (χ0n) is 17.5. The van der Waals surface area contributed by atoms with E-state index in [0.29, 0.717) is 0 Å². The Morgan fingerprint density at radius 3 is 1.00 bits per heavy atom. The third-order valence-electron chi connectivity index (χ3n) is 3.61. The van der Waals surface area contributed by atoms with Gasteiger partial charge in [-0.1, -0.05) is 91.0 Å². The topological polar surface area (TPSA) is 120 Å². The number of hydrogen-bond donors (Lipinski definition) is 0. The molecule has 4 rings (SSSR count). The van der Waals surface area contributed by atoms with E-state index in [4.69, 9.17) is 0 Å². The van der Waals surface area contributed by atoms with Gasteiger partial charge in [0.25, 0.3) is 0 Å². The zero-order valence-corrected chi connectivity index (χ0v) is 19.1. The fourth-order valence-corrected chi connectivity index (χ4v) is 2.06. The fourth-order valence-electron chi connectivity index (χ4n) is 2.06. The summed E-state index contributed by atoms with van der Waals surface area (Å²) in [6.45, 7) is 0. The molecule has 0 radical (unpaired) electrons. The monoisotopic (exact) mass is 476 g/mol. The molecule has 0 aliphatic heterocycles. The van der Waals surface area contributed by atoms with Crippen LogP contribution in [0.15, 0.2) is 109 Å². The standard InChI is InChI=1S/3C7H6O2.C5H5.Ti/c3*8-7(9)6-4-2-1-3-5-6;1-2-4-5-3-1;/h3*1-5H,(H,8,9);1-3H,4H2;/q;;;-1;+4/p-3. The first kappa shape index (κ1) is 29.3. The minimum atomic E-state index is -1.13. The van der Waals surface area contributed by atoms with Crippen LogP contribution in [0, 0.1) is 6.08 Å². The quantitative estimate of drug-likeness (QED) is 0.417. The summed E-state index contributed by atoms with van der Waals surface area (Å²) in [6.07, 6.45) is 10.0. The minimum Gasteiger partial charge on any atom is -0.545 e. The molecule has 6 nitrogen and oxygen atoms in total. The Morgan fingerprint density at radius 2 is 0.879 bits per heavy atom. The minimum absolute atomic E-state index is 0. The molecule has 0 fully saturated rings. The Bertz CT molecular complexity index is 889. The Morgan fingerprint density at radius 1 is 0.576 bits per heavy atom. The van der Waals surface area contributed by atoms with Gasteiger partial charge < -0.3 is 29.7 Å². The van der Waals surface area contributed by atoms with Crippen LogP contribution in [-0.4, -0.2) is 17.9 Å². The van der Waals surface area contributed by atoms with Gasteiger partial charge in [0.05, 0.1) is 17.9 Å². The van der Waals surface area contributed by atoms with Crippen molar-refractivity contribution in [1.82, 2.24) is 0 Å². The molecule has 3 aromatic rings. The molecular weight excluding hydrogens is 456 g/mol. The molecule has 0 spiro atoms. The Kier molecular flexibility index (Phi) is 15.9. The largest absolute Gasteiger partial charge is 4.00 e. The zero-order chi connectivity index (χ0) is 23.6. The van der Waals surface area contributed by atoms with Crippen molar-refractivity contribution < 1.29 is 51.4 Å². The van der Waals surface area contributed by atoms with Gasteiger partial charge in [0, 0.05) is 0 Å². The van der Waals surface area contributed by atoms with E-state index in [9.17, 15) is 29.7 Å². The molecule has 1 aliphatic rings. The summed E-state index contributed by atoms with van der Waals surface area (Å²) in [4.78, 5) is 30.3. The van der Waals surface area contributed by atoms with Crippen LogP contribution in [0.5, 0.6) is 0 Å². The van der Waals surface area contributed by atoms with Gasteiger partial charge in [0.1, 0.15) is 0 Å². The van der Waals surface area contributed by atoms with E-state index in [1.54, 1.807) is 54.6 Å². The van der Waals surface area contributed by atoms with Crippen LogP contribution in [0.3, 0.4) is 0 Å². The van der Waals surface area contributed by atoms with Gasteiger partial charge in [-0.2, -0.15) is 6.08 Å². The first-order valence-electron chi connectivity index (χ1n) is 9.42. The van der Waals surface area contributed by atoms with Crippen LogP contribution in [0.25, 0.3) is 0 Å². The molecule has 0 atom stereocenters. The molecule has 0 saturated heterocycles. The maximum atomic E-state index is 10.1. The summed E-state index contributed by atoms with van der Waals surface area (Å²) in [7, 11) is 0. The molecule has 3 aromatic carbocycles. The summed E-state index contributed by atoms with van der Waals surface area (Å²) in [5.41, 5.74) is 0.660. The van der Waals surface area contributed by atoms with Crippen LogP contribution < -0.4 is 15.3 Å². The molecule has 0 heterocycles. The molecule has 164 valence electrons. The second-order valence-corrected chi connectivity index (χ2v) is 5.96. The van der Waals surface area contributed by atoms with E-state index in [1.807, 2.05) is 12.2 Å². The molecule has 0 N–H and O–H groups in total. The van der Waals surface area contributed by atoms with Crippen LogP contribution in [0.4, 0.5) is 0 Å². The number of carboxylic acid groups (broad SMARTS) is 3. The van der Waals surface area contributed by atoms with Crippen molar-refractivity contribution in [1.29, 1.82) is 0 Å². The molecule has 1 aliphatic carbocycles. The smallest absolute Gasteiger partial charge is 0.545 e. The summed E-state index contributed by atoms with van der Waals surface area (Å²) in [5.74, 6) is -3.39. The van der Waals surface area contributed by atoms with Gasteiger partial charge in [0.15, 0.2) is 0 Å². The first-order chi connectivity index (χ1) is 15.4. The number of carbonyl (C=O) groups excluding carboxylic acids is 3. The van der Waals surface area contributed by atoms with Crippen LogP contribution in [0.2, 0.25) is 0 Å². The number of allylic oxidation sites excluding steroid dienone is 4. The average Bonchev–Trinajstić information content (AvgIpc) is 3.42. The number of hydrogen-bond acceptors (Lipinski definition) is 6. The third-order valence-corrected chi connectivity index (χ3v) is 3.61. The number of rotatable bonds is 3. The van der Waals surface area contributed by atoms with E-state index in [2.05, 4.69) is 12.2 Å². The van der Waals surface area contributed by atoms with E-state index in [0.717, 1.165) is 6.42 Å². The van der Waals surface area contributed by atoms with Crippen molar-refractivity contribution >= 4 is 17.9 Å². The molecule has 7 heteroatoms. The van der Waals surface area contributed by atoms with Gasteiger partial charge in [0.2, 0.25) is 0 Å². The van der Waals surface area contributed by atoms with Gasteiger partial charge in [-0.05, 0) is 16.7 Å². The molecule has 33 heavy (non-hydrogen) atoms. The van der Waals surface area contributed by atoms with E-state index < -0.39 is 17.9 Å². The average molecular weight is 476 g/mol. The number of carbonyl (C=O) groups is 3. The summed E-state index contributed by atoms with van der Waals surface area (Å²) in [6, 6.07) is 24.2. The molecule has 0 unspecified atom stereocenters. The Labute approximate surface area is 207 Å². The van der Waals surface area contributed by atoms with Gasteiger partial charge in [-0.3, -0.25) is 6.08 Å². The molecule has 0 saturated carbocycles. The van der Waals surface area contributed by atoms with Gasteiger partial charge >= 0.3 is 21.7 Å². The van der Waals surface area contributed by atoms with E-state index in [-0.39, 0.29) is 38.4 Å². The summed E-state index contributed by atoms with van der Waals surface area (Å²) >= 11 is 0. The van der Waals surface area contributed by atoms with E-state index >= 15 is 0 Å². The Hall–Kier alpha value is -3.74. The predicted molar refractivity (Wildman–Crippen MR) is 114 cm³/mol. The molecule has 0 aromatic heterocycles. The molecule has 0 amide bonds. The fraction of sp³-hybridized carbons (Fsp3) is 0.0385. The van der Waals surface area contributed by atoms with Crippen molar-refractivity contribution in [2.45, 2.75) is 6.42 Å². The third kappa shape index (κ3) is 14.0. The second-order valence-electron chi connectivity index (χ2n) is 5.96. The van der Waals surface area contributed by atoms with Gasteiger partial charge in [-0.15, -0.1) is 6.42 Å². The van der Waals surface area contributed by atoms with Crippen LogP contribution in [0.1, 0.15) is 37.5 Å². The maximum Gasteiger partial charge on any atom is 4.00 e. The predicted octanol–water partition coefficient (Wildman–Crippen LogP) is 1.45. The molecule has 0 bridgehead atoms. The van der Waals surface area contributed by atoms with Crippen molar-refractivity contribution in [3.63, 3.8) is 0 Å². The first-order valence-corrected chi connectivity index (χ1v) is 9.42. The second kappa shape index (κ2) is 17.9. The van der Waals surface area contributed by atoms with Crippen LogP contribution in [-0.2, 0) is 21.7 Å². The van der Waals surface area contributed by atoms with Crippen LogP contribution >= 0.6 is 0 Å².